The van der Waals surface area contributed by atoms with E-state index < -0.39 is 0 Å². The Morgan fingerprint density at radius 2 is 2.00 bits per heavy atom. The maximum atomic E-state index is 5.95. The molecule has 0 aliphatic heterocycles. The molecule has 3 nitrogen and oxygen atoms in total. The summed E-state index contributed by atoms with van der Waals surface area (Å²) in [6.45, 7) is 6.98. The van der Waals surface area contributed by atoms with Gasteiger partial charge in [0.15, 0.2) is 0 Å². The average molecular weight is 244 g/mol. The molecular weight excluding hydrogens is 224 g/mol. The van der Waals surface area contributed by atoms with Crippen molar-refractivity contribution in [1.82, 2.24) is 4.98 Å². The van der Waals surface area contributed by atoms with Gasteiger partial charge in [-0.15, -0.1) is 0 Å². The zero-order valence-electron chi connectivity index (χ0n) is 11.2. The number of nitrogen functional groups attached to an aromatic ring is 1. The van der Waals surface area contributed by atoms with Gasteiger partial charge in [-0.05, 0) is 31.0 Å². The van der Waals surface area contributed by atoms with Gasteiger partial charge in [0.2, 0.25) is 0 Å². The van der Waals surface area contributed by atoms with Crippen LogP contribution in [0.15, 0.2) is 30.5 Å². The second-order valence-electron chi connectivity index (χ2n) is 4.97. The molecule has 1 unspecified atom stereocenters. The minimum atomic E-state index is 0.237. The Hall–Kier alpha value is -1.61. The smallest absolute Gasteiger partial charge is 0.0777 e. The van der Waals surface area contributed by atoms with Crippen LogP contribution >= 0.6 is 0 Å². The van der Waals surface area contributed by atoms with E-state index in [1.165, 1.54) is 0 Å². The number of aromatic nitrogens is 1. The number of anilines is 1. The fourth-order valence-electron chi connectivity index (χ4n) is 1.78. The third kappa shape index (κ3) is 2.62. The molecule has 1 aromatic heterocycles. The number of nitrogens with zero attached hydrogens (tertiary/aromatic N) is 1. The molecule has 2 rings (SSSR count). The van der Waals surface area contributed by atoms with E-state index >= 15 is 0 Å². The SMILES string of the molecule is CC(C)C(C)OCc1ccc(N)c2cccnc12. The highest BCUT2D eigenvalue weighted by Crippen LogP contribution is 2.23. The zero-order valence-corrected chi connectivity index (χ0v) is 11.2. The largest absolute Gasteiger partial charge is 0.398 e. The highest BCUT2D eigenvalue weighted by atomic mass is 16.5. The molecule has 2 aromatic rings. The van der Waals surface area contributed by atoms with Crippen LogP contribution < -0.4 is 5.73 Å². The molecule has 0 fully saturated rings. The summed E-state index contributed by atoms with van der Waals surface area (Å²) in [4.78, 5) is 4.40. The molecule has 96 valence electrons. The summed E-state index contributed by atoms with van der Waals surface area (Å²) in [6, 6.07) is 7.81. The Labute approximate surface area is 108 Å². The lowest BCUT2D eigenvalue weighted by Gasteiger charge is -2.17. The Morgan fingerprint density at radius 3 is 2.72 bits per heavy atom. The van der Waals surface area contributed by atoms with E-state index in [1.54, 1.807) is 6.20 Å². The fourth-order valence-corrected chi connectivity index (χ4v) is 1.78. The van der Waals surface area contributed by atoms with Gasteiger partial charge in [-0.25, -0.2) is 0 Å². The number of hydrogen-bond donors (Lipinski definition) is 1. The van der Waals surface area contributed by atoms with Gasteiger partial charge in [0.25, 0.3) is 0 Å². The first-order valence-electron chi connectivity index (χ1n) is 6.33. The predicted molar refractivity (Wildman–Crippen MR) is 75.2 cm³/mol. The number of fused-ring (bicyclic) bond motifs is 1. The fraction of sp³-hybridized carbons (Fsp3) is 0.400. The molecule has 0 amide bonds. The van der Waals surface area contributed by atoms with Crippen LogP contribution in [0, 0.1) is 5.92 Å². The van der Waals surface area contributed by atoms with Crippen LogP contribution in [0.5, 0.6) is 0 Å². The van der Waals surface area contributed by atoms with Gasteiger partial charge >= 0.3 is 0 Å². The van der Waals surface area contributed by atoms with E-state index in [0.717, 1.165) is 22.2 Å². The van der Waals surface area contributed by atoms with Gasteiger partial charge in [0, 0.05) is 22.8 Å². The van der Waals surface area contributed by atoms with Crippen molar-refractivity contribution in [3.05, 3.63) is 36.0 Å². The summed E-state index contributed by atoms with van der Waals surface area (Å²) in [6.07, 6.45) is 2.03. The molecule has 0 saturated heterocycles. The van der Waals surface area contributed by atoms with Crippen molar-refractivity contribution in [1.29, 1.82) is 0 Å². The van der Waals surface area contributed by atoms with E-state index in [-0.39, 0.29) is 6.10 Å². The number of rotatable bonds is 4. The molecule has 0 saturated carbocycles. The molecule has 0 radical (unpaired) electrons. The first-order chi connectivity index (χ1) is 8.59. The predicted octanol–water partition coefficient (Wildman–Crippen LogP) is 3.38. The molecule has 1 heterocycles. The van der Waals surface area contributed by atoms with Crippen LogP contribution in [-0.2, 0) is 11.3 Å². The molecule has 0 bridgehead atoms. The Kier molecular flexibility index (Phi) is 3.82. The number of pyridine rings is 1. The second kappa shape index (κ2) is 5.36. The maximum absolute atomic E-state index is 5.95. The average Bonchev–Trinajstić information content (AvgIpc) is 2.38. The van der Waals surface area contributed by atoms with E-state index in [9.17, 15) is 0 Å². The van der Waals surface area contributed by atoms with Crippen molar-refractivity contribution in [3.8, 4) is 0 Å². The van der Waals surface area contributed by atoms with E-state index in [1.807, 2.05) is 24.3 Å². The lowest BCUT2D eigenvalue weighted by molar-refractivity contribution is 0.0240. The lowest BCUT2D eigenvalue weighted by Crippen LogP contribution is -2.15. The van der Waals surface area contributed by atoms with Gasteiger partial charge in [0.05, 0.1) is 18.2 Å². The van der Waals surface area contributed by atoms with Gasteiger partial charge in [0.1, 0.15) is 0 Å². The minimum absolute atomic E-state index is 0.237. The molecule has 0 aliphatic rings. The van der Waals surface area contributed by atoms with Gasteiger partial charge in [-0.2, -0.15) is 0 Å². The van der Waals surface area contributed by atoms with Crippen molar-refractivity contribution in [2.24, 2.45) is 5.92 Å². The van der Waals surface area contributed by atoms with Crippen molar-refractivity contribution in [3.63, 3.8) is 0 Å². The quantitative estimate of drug-likeness (QED) is 0.839. The zero-order chi connectivity index (χ0) is 13.1. The highest BCUT2D eigenvalue weighted by Gasteiger charge is 2.10. The molecule has 3 heteroatoms. The van der Waals surface area contributed by atoms with E-state index in [0.29, 0.717) is 12.5 Å². The van der Waals surface area contributed by atoms with Crippen LogP contribution in [0.4, 0.5) is 5.69 Å². The monoisotopic (exact) mass is 244 g/mol. The van der Waals surface area contributed by atoms with Crippen LogP contribution in [0.1, 0.15) is 26.3 Å². The van der Waals surface area contributed by atoms with Crippen molar-refractivity contribution < 1.29 is 4.74 Å². The first kappa shape index (κ1) is 12.8. The van der Waals surface area contributed by atoms with Gasteiger partial charge in [-0.3, -0.25) is 4.98 Å². The summed E-state index contributed by atoms with van der Waals surface area (Å²) in [7, 11) is 0. The van der Waals surface area contributed by atoms with Crippen molar-refractivity contribution in [2.75, 3.05) is 5.73 Å². The summed E-state index contributed by atoms with van der Waals surface area (Å²) in [5.74, 6) is 0.512. The summed E-state index contributed by atoms with van der Waals surface area (Å²) in [5, 5.41) is 0.996. The Morgan fingerprint density at radius 1 is 1.22 bits per heavy atom. The van der Waals surface area contributed by atoms with Crippen molar-refractivity contribution >= 4 is 16.6 Å². The molecular formula is C15H20N2O. The highest BCUT2D eigenvalue weighted by molar-refractivity contribution is 5.92. The molecule has 0 spiro atoms. The topological polar surface area (TPSA) is 48.1 Å². The third-order valence-corrected chi connectivity index (χ3v) is 3.33. The van der Waals surface area contributed by atoms with Gasteiger partial charge < -0.3 is 10.5 Å². The Bertz CT molecular complexity index is 537. The summed E-state index contributed by atoms with van der Waals surface area (Å²) in [5.41, 5.74) is 8.74. The van der Waals surface area contributed by atoms with Crippen molar-refractivity contribution in [2.45, 2.75) is 33.5 Å². The molecule has 0 aliphatic carbocycles. The van der Waals surface area contributed by atoms with Crippen LogP contribution in [0.3, 0.4) is 0 Å². The Balaban J connectivity index is 2.26. The first-order valence-corrected chi connectivity index (χ1v) is 6.33. The van der Waals surface area contributed by atoms with E-state index in [4.69, 9.17) is 10.5 Å². The number of nitrogens with two attached hydrogens (primary N) is 1. The molecule has 18 heavy (non-hydrogen) atoms. The molecule has 2 N–H and O–H groups in total. The van der Waals surface area contributed by atoms with Crippen LogP contribution in [-0.4, -0.2) is 11.1 Å². The minimum Gasteiger partial charge on any atom is -0.398 e. The standard InChI is InChI=1S/C15H20N2O/c1-10(2)11(3)18-9-12-6-7-14(16)13-5-4-8-17-15(12)13/h4-8,10-11H,9,16H2,1-3H3. The number of ether oxygens (including phenoxy) is 1. The van der Waals surface area contributed by atoms with E-state index in [2.05, 4.69) is 25.8 Å². The third-order valence-electron chi connectivity index (χ3n) is 3.33. The maximum Gasteiger partial charge on any atom is 0.0777 e. The molecule has 1 atom stereocenters. The summed E-state index contributed by atoms with van der Waals surface area (Å²) < 4.78 is 5.86. The normalized spacial score (nSPS) is 13.1. The lowest BCUT2D eigenvalue weighted by atomic mass is 10.1. The second-order valence-corrected chi connectivity index (χ2v) is 4.97. The molecule has 1 aromatic carbocycles. The summed E-state index contributed by atoms with van der Waals surface area (Å²) >= 11 is 0. The van der Waals surface area contributed by atoms with Crippen LogP contribution in [0.25, 0.3) is 10.9 Å². The van der Waals surface area contributed by atoms with Crippen LogP contribution in [0.2, 0.25) is 0 Å². The number of benzene rings is 1. The van der Waals surface area contributed by atoms with Gasteiger partial charge in [-0.1, -0.05) is 19.9 Å². The number of hydrogen-bond acceptors (Lipinski definition) is 3.